The minimum Gasteiger partial charge on any atom is -0.312 e. The molecule has 16 heavy (non-hydrogen) atoms. The number of hydrogen-bond donors (Lipinski definition) is 1. The lowest BCUT2D eigenvalue weighted by molar-refractivity contribution is 0.129. The van der Waals surface area contributed by atoms with E-state index in [0.29, 0.717) is 6.04 Å². The Kier molecular flexibility index (Phi) is 5.00. The molecule has 2 nitrogen and oxygen atoms in total. The normalized spacial score (nSPS) is 22.8. The number of nitrogens with zero attached hydrogens (tertiary/aromatic N) is 1. The van der Waals surface area contributed by atoms with Gasteiger partial charge in [0.25, 0.3) is 0 Å². The standard InChI is InChI=1S/C14H28N2/c1-6-14(2,16(4)5)13(15-3)12-10-8-7-9-11-12/h10,13,15H,6-9,11H2,1-5H3. The summed E-state index contributed by atoms with van der Waals surface area (Å²) in [6, 6.07) is 0.493. The largest absolute Gasteiger partial charge is 0.312 e. The maximum absolute atomic E-state index is 3.53. The Morgan fingerprint density at radius 2 is 2.12 bits per heavy atom. The van der Waals surface area contributed by atoms with E-state index in [9.17, 15) is 0 Å². The molecule has 0 radical (unpaired) electrons. The highest BCUT2D eigenvalue weighted by atomic mass is 15.2. The summed E-state index contributed by atoms with van der Waals surface area (Å²) in [5, 5.41) is 3.53. The molecule has 0 fully saturated rings. The third kappa shape index (κ3) is 2.67. The Hall–Kier alpha value is -0.340. The van der Waals surface area contributed by atoms with Crippen LogP contribution in [-0.2, 0) is 0 Å². The minimum absolute atomic E-state index is 0.220. The molecule has 0 saturated carbocycles. The van der Waals surface area contributed by atoms with Crippen molar-refractivity contribution in [2.45, 2.75) is 57.5 Å². The van der Waals surface area contributed by atoms with E-state index in [-0.39, 0.29) is 5.54 Å². The summed E-state index contributed by atoms with van der Waals surface area (Å²) in [5.74, 6) is 0. The van der Waals surface area contributed by atoms with Crippen molar-refractivity contribution in [2.75, 3.05) is 21.1 Å². The van der Waals surface area contributed by atoms with Crippen LogP contribution in [0.1, 0.15) is 46.0 Å². The summed E-state index contributed by atoms with van der Waals surface area (Å²) in [6.45, 7) is 4.65. The molecule has 2 atom stereocenters. The van der Waals surface area contributed by atoms with Crippen LogP contribution in [-0.4, -0.2) is 37.6 Å². The molecule has 1 N–H and O–H groups in total. The lowest BCUT2D eigenvalue weighted by atomic mass is 9.80. The lowest BCUT2D eigenvalue weighted by Gasteiger charge is -2.44. The molecule has 0 heterocycles. The first-order valence-electron chi connectivity index (χ1n) is 6.60. The van der Waals surface area contributed by atoms with Gasteiger partial charge in [-0.05, 0) is 60.2 Å². The van der Waals surface area contributed by atoms with E-state index in [2.05, 4.69) is 51.3 Å². The van der Waals surface area contributed by atoms with Crippen LogP contribution in [0.3, 0.4) is 0 Å². The van der Waals surface area contributed by atoms with E-state index in [1.807, 2.05) is 0 Å². The first-order valence-corrected chi connectivity index (χ1v) is 6.60. The number of rotatable bonds is 5. The van der Waals surface area contributed by atoms with Gasteiger partial charge in [-0.3, -0.25) is 0 Å². The number of hydrogen-bond acceptors (Lipinski definition) is 2. The van der Waals surface area contributed by atoms with Crippen LogP contribution in [0, 0.1) is 0 Å². The molecule has 0 aromatic heterocycles. The lowest BCUT2D eigenvalue weighted by Crippen LogP contribution is -2.57. The van der Waals surface area contributed by atoms with Crippen molar-refractivity contribution in [3.63, 3.8) is 0 Å². The predicted molar refractivity (Wildman–Crippen MR) is 71.8 cm³/mol. The van der Waals surface area contributed by atoms with Gasteiger partial charge < -0.3 is 10.2 Å². The third-order valence-corrected chi connectivity index (χ3v) is 4.34. The van der Waals surface area contributed by atoms with Gasteiger partial charge in [-0.25, -0.2) is 0 Å². The monoisotopic (exact) mass is 224 g/mol. The highest BCUT2D eigenvalue weighted by Crippen LogP contribution is 2.30. The van der Waals surface area contributed by atoms with Crippen LogP contribution in [0.5, 0.6) is 0 Å². The number of likely N-dealkylation sites (N-methyl/N-ethyl adjacent to an activating group) is 2. The van der Waals surface area contributed by atoms with Crippen LogP contribution in [0.25, 0.3) is 0 Å². The van der Waals surface area contributed by atoms with Crippen LogP contribution < -0.4 is 5.32 Å². The van der Waals surface area contributed by atoms with Gasteiger partial charge in [-0.1, -0.05) is 18.6 Å². The Bertz CT molecular complexity index is 245. The fourth-order valence-electron chi connectivity index (χ4n) is 2.80. The average Bonchev–Trinajstić information content (AvgIpc) is 2.30. The highest BCUT2D eigenvalue weighted by molar-refractivity contribution is 5.19. The second-order valence-corrected chi connectivity index (χ2v) is 5.35. The minimum atomic E-state index is 0.220. The van der Waals surface area contributed by atoms with E-state index in [0.717, 1.165) is 0 Å². The molecule has 0 spiro atoms. The van der Waals surface area contributed by atoms with Crippen molar-refractivity contribution in [1.29, 1.82) is 0 Å². The maximum Gasteiger partial charge on any atom is 0.0461 e. The topological polar surface area (TPSA) is 15.3 Å². The first kappa shape index (κ1) is 13.7. The molecule has 0 aromatic carbocycles. The van der Waals surface area contributed by atoms with E-state index in [1.54, 1.807) is 5.57 Å². The van der Waals surface area contributed by atoms with Gasteiger partial charge in [0, 0.05) is 11.6 Å². The van der Waals surface area contributed by atoms with Gasteiger partial charge in [0.15, 0.2) is 0 Å². The van der Waals surface area contributed by atoms with Crippen molar-refractivity contribution < 1.29 is 0 Å². The fourth-order valence-corrected chi connectivity index (χ4v) is 2.80. The summed E-state index contributed by atoms with van der Waals surface area (Å²) in [6.07, 6.45) is 8.89. The van der Waals surface area contributed by atoms with Crippen molar-refractivity contribution >= 4 is 0 Å². The summed E-state index contributed by atoms with van der Waals surface area (Å²) >= 11 is 0. The second kappa shape index (κ2) is 5.83. The van der Waals surface area contributed by atoms with Crippen molar-refractivity contribution in [1.82, 2.24) is 10.2 Å². The zero-order valence-corrected chi connectivity index (χ0v) is 11.6. The molecule has 1 rings (SSSR count). The smallest absolute Gasteiger partial charge is 0.0461 e. The molecule has 2 heteroatoms. The average molecular weight is 224 g/mol. The van der Waals surface area contributed by atoms with Gasteiger partial charge >= 0.3 is 0 Å². The second-order valence-electron chi connectivity index (χ2n) is 5.35. The number of nitrogens with one attached hydrogen (secondary N) is 1. The molecule has 1 aliphatic carbocycles. The molecule has 94 valence electrons. The number of allylic oxidation sites excluding steroid dienone is 1. The van der Waals surface area contributed by atoms with Crippen LogP contribution >= 0.6 is 0 Å². The summed E-state index contributed by atoms with van der Waals surface area (Å²) < 4.78 is 0. The molecule has 1 aliphatic rings. The van der Waals surface area contributed by atoms with Gasteiger partial charge in [0.2, 0.25) is 0 Å². The molecular weight excluding hydrogens is 196 g/mol. The molecular formula is C14H28N2. The van der Waals surface area contributed by atoms with Gasteiger partial charge in [0.05, 0.1) is 0 Å². The van der Waals surface area contributed by atoms with Crippen LogP contribution in [0.15, 0.2) is 11.6 Å². The zero-order valence-electron chi connectivity index (χ0n) is 11.6. The fraction of sp³-hybridized carbons (Fsp3) is 0.857. The SMILES string of the molecule is CCC(C)(C(NC)C1=CCCCC1)N(C)C. The zero-order chi connectivity index (χ0) is 12.2. The van der Waals surface area contributed by atoms with Crippen molar-refractivity contribution in [3.05, 3.63) is 11.6 Å². The van der Waals surface area contributed by atoms with E-state index in [4.69, 9.17) is 0 Å². The van der Waals surface area contributed by atoms with Crippen molar-refractivity contribution in [2.24, 2.45) is 0 Å². The van der Waals surface area contributed by atoms with Crippen molar-refractivity contribution in [3.8, 4) is 0 Å². The van der Waals surface area contributed by atoms with Gasteiger partial charge in [0.1, 0.15) is 0 Å². The molecule has 0 aliphatic heterocycles. The molecule has 0 saturated heterocycles. The third-order valence-electron chi connectivity index (χ3n) is 4.34. The Morgan fingerprint density at radius 3 is 2.50 bits per heavy atom. The van der Waals surface area contributed by atoms with Crippen LogP contribution in [0.2, 0.25) is 0 Å². The maximum atomic E-state index is 3.53. The quantitative estimate of drug-likeness (QED) is 0.722. The van der Waals surface area contributed by atoms with E-state index < -0.39 is 0 Å². The van der Waals surface area contributed by atoms with Gasteiger partial charge in [-0.15, -0.1) is 0 Å². The summed E-state index contributed by atoms with van der Waals surface area (Å²) in [5.41, 5.74) is 1.84. The Labute approximate surface area is 101 Å². The summed E-state index contributed by atoms with van der Waals surface area (Å²) in [4.78, 5) is 2.36. The summed E-state index contributed by atoms with van der Waals surface area (Å²) in [7, 11) is 6.48. The molecule has 0 aromatic rings. The molecule has 0 bridgehead atoms. The van der Waals surface area contributed by atoms with E-state index in [1.165, 1.54) is 32.1 Å². The Morgan fingerprint density at radius 1 is 1.44 bits per heavy atom. The highest BCUT2D eigenvalue weighted by Gasteiger charge is 2.35. The molecule has 2 unspecified atom stereocenters. The first-order chi connectivity index (χ1) is 7.56. The van der Waals surface area contributed by atoms with Crippen LogP contribution in [0.4, 0.5) is 0 Å². The van der Waals surface area contributed by atoms with E-state index >= 15 is 0 Å². The molecule has 0 amide bonds. The van der Waals surface area contributed by atoms with Gasteiger partial charge in [-0.2, -0.15) is 0 Å². The predicted octanol–water partition coefficient (Wildman–Crippen LogP) is 2.81. The Balaban J connectivity index is 2.90.